The van der Waals surface area contributed by atoms with E-state index in [2.05, 4.69) is 5.32 Å². The Kier molecular flexibility index (Phi) is 4.34. The van der Waals surface area contributed by atoms with Crippen molar-refractivity contribution in [1.29, 1.82) is 0 Å². The number of carbonyl (C=O) groups is 2. The van der Waals surface area contributed by atoms with Gasteiger partial charge in [0.15, 0.2) is 6.10 Å². The van der Waals surface area contributed by atoms with E-state index in [1.54, 1.807) is 12.1 Å². The predicted molar refractivity (Wildman–Crippen MR) is 96.4 cm³/mol. The van der Waals surface area contributed by atoms with Crippen LogP contribution in [0.5, 0.6) is 0 Å². The van der Waals surface area contributed by atoms with Gasteiger partial charge in [-0.2, -0.15) is 11.8 Å². The van der Waals surface area contributed by atoms with Crippen LogP contribution in [0.4, 0.5) is 25.4 Å². The van der Waals surface area contributed by atoms with E-state index in [1.165, 1.54) is 18.0 Å². The summed E-state index contributed by atoms with van der Waals surface area (Å²) in [6, 6.07) is 4.80. The molecule has 3 saturated heterocycles. The van der Waals surface area contributed by atoms with Crippen LogP contribution in [0.15, 0.2) is 18.2 Å². The highest BCUT2D eigenvalue weighted by Gasteiger charge is 2.48. The van der Waals surface area contributed by atoms with Crippen LogP contribution in [-0.2, 0) is 9.47 Å². The highest BCUT2D eigenvalue weighted by molar-refractivity contribution is 8.00. The quantitative estimate of drug-likeness (QED) is 0.861. The average Bonchev–Trinajstić information content (AvgIpc) is 2.92. The number of anilines is 2. The van der Waals surface area contributed by atoms with Crippen LogP contribution in [0, 0.1) is 11.2 Å². The van der Waals surface area contributed by atoms with Crippen LogP contribution >= 0.6 is 11.8 Å². The summed E-state index contributed by atoms with van der Waals surface area (Å²) in [6.07, 6.45) is -1.74. The first-order chi connectivity index (χ1) is 12.5. The Bertz CT molecular complexity index is 735. The van der Waals surface area contributed by atoms with E-state index in [1.807, 2.05) is 16.7 Å². The average molecular weight is 381 g/mol. The van der Waals surface area contributed by atoms with Crippen molar-refractivity contribution in [2.45, 2.75) is 6.10 Å². The van der Waals surface area contributed by atoms with E-state index in [9.17, 15) is 14.0 Å². The highest BCUT2D eigenvalue weighted by atomic mass is 32.2. The van der Waals surface area contributed by atoms with Crippen molar-refractivity contribution >= 4 is 35.3 Å². The molecule has 7 nitrogen and oxygen atoms in total. The number of halogens is 1. The fraction of sp³-hybridized carbons (Fsp3) is 0.529. The minimum Gasteiger partial charge on any atom is -0.446 e. The van der Waals surface area contributed by atoms with Gasteiger partial charge in [0, 0.05) is 37.1 Å². The summed E-state index contributed by atoms with van der Waals surface area (Å²) >= 11 is 1.93. The Labute approximate surface area is 154 Å². The first-order valence-corrected chi connectivity index (χ1v) is 9.60. The van der Waals surface area contributed by atoms with Gasteiger partial charge in [-0.05, 0) is 18.2 Å². The van der Waals surface area contributed by atoms with Crippen LogP contribution in [0.25, 0.3) is 0 Å². The fourth-order valence-corrected chi connectivity index (χ4v) is 4.63. The molecule has 9 heteroatoms. The maximum absolute atomic E-state index is 14.6. The second kappa shape index (κ2) is 6.53. The van der Waals surface area contributed by atoms with E-state index in [4.69, 9.17) is 9.47 Å². The Balaban J connectivity index is 1.39. The zero-order valence-electron chi connectivity index (χ0n) is 14.4. The van der Waals surface area contributed by atoms with Gasteiger partial charge < -0.3 is 19.7 Å². The van der Waals surface area contributed by atoms with Gasteiger partial charge >= 0.3 is 12.2 Å². The molecule has 3 aliphatic rings. The van der Waals surface area contributed by atoms with E-state index in [0.717, 1.165) is 24.6 Å². The summed E-state index contributed by atoms with van der Waals surface area (Å²) in [6.45, 7) is 1.94. The minimum absolute atomic E-state index is 0.0453. The van der Waals surface area contributed by atoms with Gasteiger partial charge in [0.1, 0.15) is 12.4 Å². The third kappa shape index (κ3) is 3.04. The number of carbonyl (C=O) groups excluding carboxylic acids is 2. The van der Waals surface area contributed by atoms with Crippen LogP contribution in [0.1, 0.15) is 0 Å². The summed E-state index contributed by atoms with van der Waals surface area (Å²) in [5.74, 6) is 1.96. The number of ether oxygens (including phenoxy) is 2. The third-order valence-electron chi connectivity index (χ3n) is 4.93. The highest BCUT2D eigenvalue weighted by Crippen LogP contribution is 2.47. The molecule has 140 valence electrons. The molecule has 0 unspecified atom stereocenters. The zero-order chi connectivity index (χ0) is 18.3. The molecule has 3 aliphatic heterocycles. The number of cyclic esters (lactones) is 1. The van der Waals surface area contributed by atoms with Crippen molar-refractivity contribution in [3.63, 3.8) is 0 Å². The monoisotopic (exact) mass is 381 g/mol. The Morgan fingerprint density at radius 2 is 2.23 bits per heavy atom. The number of nitrogens with one attached hydrogen (secondary N) is 1. The van der Waals surface area contributed by atoms with E-state index in [-0.39, 0.29) is 19.0 Å². The first kappa shape index (κ1) is 17.3. The van der Waals surface area contributed by atoms with Gasteiger partial charge in [0.05, 0.1) is 17.9 Å². The normalized spacial score (nSPS) is 23.3. The zero-order valence-corrected chi connectivity index (χ0v) is 15.2. The van der Waals surface area contributed by atoms with Crippen molar-refractivity contribution in [3.8, 4) is 0 Å². The third-order valence-corrected chi connectivity index (χ3v) is 6.56. The molecular formula is C17H20FN3O4S. The molecule has 1 atom stereocenters. The van der Waals surface area contributed by atoms with Crippen molar-refractivity contribution in [2.24, 2.45) is 5.41 Å². The fourth-order valence-electron chi connectivity index (χ4n) is 3.49. The van der Waals surface area contributed by atoms with Crippen molar-refractivity contribution < 1.29 is 23.5 Å². The Hall–Kier alpha value is -2.16. The largest absolute Gasteiger partial charge is 0.446 e. The molecule has 1 N–H and O–H groups in total. The van der Waals surface area contributed by atoms with E-state index < -0.39 is 18.3 Å². The maximum atomic E-state index is 14.6. The van der Waals surface area contributed by atoms with Gasteiger partial charge in [-0.15, -0.1) is 0 Å². The SMILES string of the molecule is CNC(=O)OC[C@H]1CN(c2ccc(N3CC4(CSC4)C3)c(F)c2)C(=O)O1. The molecule has 1 aromatic rings. The Morgan fingerprint density at radius 1 is 1.46 bits per heavy atom. The summed E-state index contributed by atoms with van der Waals surface area (Å²) in [4.78, 5) is 26.5. The molecule has 4 rings (SSSR count). The second-order valence-corrected chi connectivity index (χ2v) is 7.94. The molecule has 0 aromatic heterocycles. The number of hydrogen-bond donors (Lipinski definition) is 1. The molecule has 1 spiro atoms. The molecule has 0 bridgehead atoms. The predicted octanol–water partition coefficient (Wildman–Crippen LogP) is 2.06. The van der Waals surface area contributed by atoms with Crippen LogP contribution in [-0.4, -0.2) is 63.1 Å². The van der Waals surface area contributed by atoms with Crippen LogP contribution in [0.2, 0.25) is 0 Å². The van der Waals surface area contributed by atoms with Crippen molar-refractivity contribution in [1.82, 2.24) is 5.32 Å². The number of benzene rings is 1. The lowest BCUT2D eigenvalue weighted by molar-refractivity contribution is 0.0745. The van der Waals surface area contributed by atoms with E-state index >= 15 is 0 Å². The second-order valence-electron chi connectivity index (χ2n) is 6.95. The molecule has 0 saturated carbocycles. The first-order valence-electron chi connectivity index (χ1n) is 8.45. The van der Waals surface area contributed by atoms with Crippen molar-refractivity contribution in [2.75, 3.05) is 54.6 Å². The van der Waals surface area contributed by atoms with Crippen molar-refractivity contribution in [3.05, 3.63) is 24.0 Å². The number of rotatable bonds is 4. The standard InChI is InChI=1S/C17H20FN3O4S/c1-19-15(22)24-6-12-5-21(16(23)25-12)11-2-3-14(13(18)4-11)20-7-17(8-20)9-26-10-17/h2-4,12H,5-10H2,1H3,(H,19,22)/t12-/m1/s1. The number of nitrogens with zero attached hydrogens (tertiary/aromatic N) is 2. The molecule has 2 amide bonds. The maximum Gasteiger partial charge on any atom is 0.414 e. The number of amides is 2. The summed E-state index contributed by atoms with van der Waals surface area (Å²) in [5, 5.41) is 2.32. The Morgan fingerprint density at radius 3 is 2.85 bits per heavy atom. The summed E-state index contributed by atoms with van der Waals surface area (Å²) in [7, 11) is 1.45. The smallest absolute Gasteiger partial charge is 0.414 e. The lowest BCUT2D eigenvalue weighted by Crippen LogP contribution is -2.63. The van der Waals surface area contributed by atoms with Crippen LogP contribution < -0.4 is 15.1 Å². The van der Waals surface area contributed by atoms with Gasteiger partial charge in [-0.25, -0.2) is 14.0 Å². The van der Waals surface area contributed by atoms with Gasteiger partial charge in [0.25, 0.3) is 0 Å². The number of thioether (sulfide) groups is 1. The lowest BCUT2D eigenvalue weighted by Gasteiger charge is -2.56. The van der Waals surface area contributed by atoms with Gasteiger partial charge in [-0.1, -0.05) is 0 Å². The van der Waals surface area contributed by atoms with Gasteiger partial charge in [-0.3, -0.25) is 4.90 Å². The molecule has 3 fully saturated rings. The number of hydrogen-bond acceptors (Lipinski definition) is 6. The molecule has 0 radical (unpaired) electrons. The van der Waals surface area contributed by atoms with Gasteiger partial charge in [0.2, 0.25) is 0 Å². The summed E-state index contributed by atoms with van der Waals surface area (Å²) in [5.41, 5.74) is 1.39. The molecule has 0 aliphatic carbocycles. The minimum atomic E-state index is -0.591. The molecule has 1 aromatic carbocycles. The topological polar surface area (TPSA) is 71.1 Å². The van der Waals surface area contributed by atoms with Crippen LogP contribution in [0.3, 0.4) is 0 Å². The molecule has 3 heterocycles. The van der Waals surface area contributed by atoms with E-state index in [0.29, 0.717) is 16.8 Å². The molecular weight excluding hydrogens is 361 g/mol. The molecule has 26 heavy (non-hydrogen) atoms. The summed E-state index contributed by atoms with van der Waals surface area (Å²) < 4.78 is 24.6. The number of alkyl carbamates (subject to hydrolysis) is 1. The lowest BCUT2D eigenvalue weighted by atomic mass is 9.82.